The molecule has 1 aliphatic rings. The summed E-state index contributed by atoms with van der Waals surface area (Å²) in [5.41, 5.74) is 3.44. The zero-order valence-corrected chi connectivity index (χ0v) is 13.1. The Morgan fingerprint density at radius 2 is 2.05 bits per heavy atom. The van der Waals surface area contributed by atoms with E-state index >= 15 is 0 Å². The van der Waals surface area contributed by atoms with Gasteiger partial charge in [0.1, 0.15) is 0 Å². The van der Waals surface area contributed by atoms with Crippen LogP contribution in [0.4, 0.5) is 0 Å². The second-order valence-electron chi connectivity index (χ2n) is 6.04. The zero-order valence-electron chi connectivity index (χ0n) is 13.1. The summed E-state index contributed by atoms with van der Waals surface area (Å²) in [6, 6.07) is 4.74. The fraction of sp³-hybridized carbons (Fsp3) is 0.529. The van der Waals surface area contributed by atoms with Gasteiger partial charge in [0, 0.05) is 56.0 Å². The number of aliphatic hydroxyl groups is 1. The number of aryl methyl sites for hydroxylation is 1. The molecule has 22 heavy (non-hydrogen) atoms. The number of aliphatic hydroxyl groups excluding tert-OH is 1. The molecule has 5 heteroatoms. The molecule has 0 unspecified atom stereocenters. The molecule has 2 aromatic rings. The normalized spacial score (nSPS) is 14.7. The van der Waals surface area contributed by atoms with Gasteiger partial charge in [0.2, 0.25) is 0 Å². The fourth-order valence-electron chi connectivity index (χ4n) is 2.88. The molecule has 0 radical (unpaired) electrons. The topological polar surface area (TPSA) is 54.2 Å². The molecule has 5 nitrogen and oxygen atoms in total. The lowest BCUT2D eigenvalue weighted by molar-refractivity contribution is 0.229. The Balaban J connectivity index is 1.76. The first-order valence-electron chi connectivity index (χ1n) is 8.06. The summed E-state index contributed by atoms with van der Waals surface area (Å²) in [7, 11) is 1.97. The van der Waals surface area contributed by atoms with Gasteiger partial charge in [0.25, 0.3) is 0 Å². The predicted molar refractivity (Wildman–Crippen MR) is 86.2 cm³/mol. The van der Waals surface area contributed by atoms with Crippen LogP contribution >= 0.6 is 0 Å². The first-order chi connectivity index (χ1) is 10.8. The molecule has 2 aromatic heterocycles. The van der Waals surface area contributed by atoms with Gasteiger partial charge in [0.05, 0.1) is 5.69 Å². The summed E-state index contributed by atoms with van der Waals surface area (Å²) >= 11 is 0. The van der Waals surface area contributed by atoms with Crippen molar-refractivity contribution in [2.75, 3.05) is 13.2 Å². The van der Waals surface area contributed by atoms with Crippen LogP contribution < -0.4 is 0 Å². The van der Waals surface area contributed by atoms with Crippen LogP contribution in [0.3, 0.4) is 0 Å². The molecule has 0 atom stereocenters. The van der Waals surface area contributed by atoms with Crippen LogP contribution in [0, 0.1) is 0 Å². The lowest BCUT2D eigenvalue weighted by Crippen LogP contribution is -2.27. The van der Waals surface area contributed by atoms with Crippen LogP contribution in [0.2, 0.25) is 0 Å². The molecule has 0 saturated heterocycles. The highest BCUT2D eigenvalue weighted by Crippen LogP contribution is 2.30. The predicted octanol–water partition coefficient (Wildman–Crippen LogP) is 2.22. The molecule has 0 aromatic carbocycles. The minimum Gasteiger partial charge on any atom is -0.396 e. The summed E-state index contributed by atoms with van der Waals surface area (Å²) in [6.45, 7) is 2.27. The zero-order chi connectivity index (χ0) is 15.4. The van der Waals surface area contributed by atoms with Crippen molar-refractivity contribution in [3.63, 3.8) is 0 Å². The Hall–Kier alpha value is -1.72. The number of unbranched alkanes of at least 4 members (excludes halogenated alkanes) is 1. The Kier molecular flexibility index (Phi) is 4.85. The standard InChI is InChI=1S/C17H24N4O/c1-20-12-15(17(19-20)14-6-8-18-9-7-14)13-21(16-4-5-16)10-2-3-11-22/h6-9,12,16,22H,2-5,10-11,13H2,1H3. The van der Waals surface area contributed by atoms with E-state index in [1.165, 1.54) is 18.4 Å². The minimum atomic E-state index is 0.285. The van der Waals surface area contributed by atoms with Crippen molar-refractivity contribution < 1.29 is 5.11 Å². The third kappa shape index (κ3) is 3.72. The van der Waals surface area contributed by atoms with E-state index in [-0.39, 0.29) is 6.61 Å². The minimum absolute atomic E-state index is 0.285. The lowest BCUT2D eigenvalue weighted by Gasteiger charge is -2.21. The Morgan fingerprint density at radius 1 is 1.27 bits per heavy atom. The van der Waals surface area contributed by atoms with E-state index in [4.69, 9.17) is 5.11 Å². The van der Waals surface area contributed by atoms with Gasteiger partial charge in [-0.2, -0.15) is 5.10 Å². The maximum Gasteiger partial charge on any atom is 0.0969 e. The smallest absolute Gasteiger partial charge is 0.0969 e. The molecule has 0 spiro atoms. The van der Waals surface area contributed by atoms with Crippen molar-refractivity contribution in [1.82, 2.24) is 19.7 Å². The van der Waals surface area contributed by atoms with Gasteiger partial charge >= 0.3 is 0 Å². The second kappa shape index (κ2) is 7.03. The van der Waals surface area contributed by atoms with Gasteiger partial charge in [-0.15, -0.1) is 0 Å². The van der Waals surface area contributed by atoms with Gasteiger partial charge in [-0.3, -0.25) is 14.6 Å². The van der Waals surface area contributed by atoms with E-state index in [2.05, 4.69) is 21.2 Å². The first kappa shape index (κ1) is 15.2. The number of hydrogen-bond donors (Lipinski definition) is 1. The van der Waals surface area contributed by atoms with Gasteiger partial charge in [0.15, 0.2) is 0 Å². The van der Waals surface area contributed by atoms with Gasteiger partial charge < -0.3 is 5.11 Å². The van der Waals surface area contributed by atoms with E-state index < -0.39 is 0 Å². The van der Waals surface area contributed by atoms with E-state index in [0.717, 1.165) is 37.2 Å². The summed E-state index contributed by atoms with van der Waals surface area (Å²) in [5.74, 6) is 0. The average molecular weight is 300 g/mol. The van der Waals surface area contributed by atoms with Crippen molar-refractivity contribution in [3.05, 3.63) is 36.3 Å². The number of hydrogen-bond acceptors (Lipinski definition) is 4. The number of nitrogens with zero attached hydrogens (tertiary/aromatic N) is 4. The molecule has 3 rings (SSSR count). The number of pyridine rings is 1. The molecule has 0 aliphatic heterocycles. The number of rotatable bonds is 8. The molecule has 0 bridgehead atoms. The Bertz CT molecular complexity index is 592. The van der Waals surface area contributed by atoms with Crippen LogP contribution in [0.1, 0.15) is 31.2 Å². The summed E-state index contributed by atoms with van der Waals surface area (Å²) in [5, 5.41) is 13.6. The highest BCUT2D eigenvalue weighted by atomic mass is 16.2. The lowest BCUT2D eigenvalue weighted by atomic mass is 10.1. The molecular formula is C17H24N4O. The monoisotopic (exact) mass is 300 g/mol. The van der Waals surface area contributed by atoms with Crippen LogP contribution in [-0.2, 0) is 13.6 Å². The highest BCUT2D eigenvalue weighted by molar-refractivity contribution is 5.61. The second-order valence-corrected chi connectivity index (χ2v) is 6.04. The van der Waals surface area contributed by atoms with E-state index in [1.54, 1.807) is 0 Å². The molecule has 1 N–H and O–H groups in total. The van der Waals surface area contributed by atoms with Crippen molar-refractivity contribution >= 4 is 0 Å². The van der Waals surface area contributed by atoms with Crippen molar-refractivity contribution in [2.24, 2.45) is 7.05 Å². The Morgan fingerprint density at radius 3 is 2.73 bits per heavy atom. The molecule has 2 heterocycles. The van der Waals surface area contributed by atoms with Gasteiger partial charge in [-0.05, 0) is 44.4 Å². The molecule has 1 saturated carbocycles. The fourth-order valence-corrected chi connectivity index (χ4v) is 2.88. The van der Waals surface area contributed by atoms with Crippen LogP contribution in [-0.4, -0.2) is 44.0 Å². The average Bonchev–Trinajstić information content (AvgIpc) is 3.31. The van der Waals surface area contributed by atoms with Gasteiger partial charge in [-0.1, -0.05) is 0 Å². The number of aromatic nitrogens is 3. The maximum atomic E-state index is 8.98. The summed E-state index contributed by atoms with van der Waals surface area (Å²) in [6.07, 6.45) is 10.3. The molecular weight excluding hydrogens is 276 g/mol. The molecule has 118 valence electrons. The Labute approximate surface area is 131 Å². The molecule has 1 aliphatic carbocycles. The first-order valence-corrected chi connectivity index (χ1v) is 8.06. The van der Waals surface area contributed by atoms with Crippen LogP contribution in [0.25, 0.3) is 11.3 Å². The van der Waals surface area contributed by atoms with Crippen LogP contribution in [0.15, 0.2) is 30.7 Å². The van der Waals surface area contributed by atoms with E-state index in [9.17, 15) is 0 Å². The quantitative estimate of drug-likeness (QED) is 0.760. The highest BCUT2D eigenvalue weighted by Gasteiger charge is 2.29. The molecule has 0 amide bonds. The summed E-state index contributed by atoms with van der Waals surface area (Å²) < 4.78 is 1.89. The molecule has 1 fully saturated rings. The van der Waals surface area contributed by atoms with Crippen molar-refractivity contribution in [3.8, 4) is 11.3 Å². The third-order valence-electron chi connectivity index (χ3n) is 4.15. The van der Waals surface area contributed by atoms with Crippen molar-refractivity contribution in [1.29, 1.82) is 0 Å². The van der Waals surface area contributed by atoms with E-state index in [1.807, 2.05) is 36.3 Å². The third-order valence-corrected chi connectivity index (χ3v) is 4.15. The van der Waals surface area contributed by atoms with Gasteiger partial charge in [-0.25, -0.2) is 0 Å². The van der Waals surface area contributed by atoms with E-state index in [0.29, 0.717) is 6.04 Å². The summed E-state index contributed by atoms with van der Waals surface area (Å²) in [4.78, 5) is 6.63. The SMILES string of the molecule is Cn1cc(CN(CCCCO)C2CC2)c(-c2ccncc2)n1. The maximum absolute atomic E-state index is 8.98. The van der Waals surface area contributed by atoms with Crippen LogP contribution in [0.5, 0.6) is 0 Å². The largest absolute Gasteiger partial charge is 0.396 e. The van der Waals surface area contributed by atoms with Crippen molar-refractivity contribution in [2.45, 2.75) is 38.3 Å².